The van der Waals surface area contributed by atoms with E-state index in [1.165, 1.54) is 0 Å². The Hall–Kier alpha value is -1.72. The molecule has 1 heterocycles. The fraction of sp³-hybridized carbons (Fsp3) is 0.143. The number of thiocarbonyl (C=S) groups is 1. The van der Waals surface area contributed by atoms with Gasteiger partial charge in [-0.25, -0.2) is 0 Å². The van der Waals surface area contributed by atoms with Crippen LogP contribution in [-0.4, -0.2) is 11.3 Å². The molecule has 0 aliphatic heterocycles. The predicted octanol–water partition coefficient (Wildman–Crippen LogP) is 3.69. The summed E-state index contributed by atoms with van der Waals surface area (Å²) in [7, 11) is 0. The van der Waals surface area contributed by atoms with Gasteiger partial charge in [0.1, 0.15) is 0 Å². The second-order valence-corrected chi connectivity index (χ2v) is 5.34. The molecule has 2 N–H and O–H groups in total. The van der Waals surface area contributed by atoms with Crippen molar-refractivity contribution < 1.29 is 0 Å². The number of benzene rings is 1. The van der Waals surface area contributed by atoms with Gasteiger partial charge in [-0.15, -0.1) is 0 Å². The van der Waals surface area contributed by atoms with Crippen molar-refractivity contribution in [1.82, 2.24) is 5.43 Å². The van der Waals surface area contributed by atoms with Gasteiger partial charge in [0.25, 0.3) is 0 Å². The van der Waals surface area contributed by atoms with E-state index in [1.807, 2.05) is 48.9 Å². The fourth-order valence-corrected chi connectivity index (χ4v) is 2.43. The van der Waals surface area contributed by atoms with Crippen LogP contribution in [0.4, 0.5) is 5.69 Å². The lowest BCUT2D eigenvalue weighted by Crippen LogP contribution is -2.24. The van der Waals surface area contributed by atoms with Crippen LogP contribution in [0.1, 0.15) is 16.7 Å². The summed E-state index contributed by atoms with van der Waals surface area (Å²) in [5, 5.41) is 11.8. The van der Waals surface area contributed by atoms with Crippen molar-refractivity contribution in [2.45, 2.75) is 13.8 Å². The van der Waals surface area contributed by atoms with E-state index in [4.69, 9.17) is 12.2 Å². The van der Waals surface area contributed by atoms with Gasteiger partial charge in [-0.2, -0.15) is 16.4 Å². The Morgan fingerprint density at radius 2 is 2.00 bits per heavy atom. The Morgan fingerprint density at radius 3 is 2.63 bits per heavy atom. The Labute approximate surface area is 122 Å². The summed E-state index contributed by atoms with van der Waals surface area (Å²) in [5.41, 5.74) is 7.23. The lowest BCUT2D eigenvalue weighted by Gasteiger charge is -2.12. The Balaban J connectivity index is 1.95. The van der Waals surface area contributed by atoms with Gasteiger partial charge >= 0.3 is 0 Å². The lowest BCUT2D eigenvalue weighted by molar-refractivity contribution is 1.05. The summed E-state index contributed by atoms with van der Waals surface area (Å²) in [6.07, 6.45) is 1.75. The average molecular weight is 289 g/mol. The maximum Gasteiger partial charge on any atom is 0.191 e. The highest BCUT2D eigenvalue weighted by Crippen LogP contribution is 2.19. The molecule has 0 atom stereocenters. The van der Waals surface area contributed by atoms with Crippen molar-refractivity contribution in [2.75, 3.05) is 5.32 Å². The number of hydrogen-bond acceptors (Lipinski definition) is 3. The van der Waals surface area contributed by atoms with Crippen molar-refractivity contribution in [1.29, 1.82) is 0 Å². The minimum absolute atomic E-state index is 0.490. The number of nitrogens with one attached hydrogen (secondary N) is 2. The first-order chi connectivity index (χ1) is 9.16. The van der Waals surface area contributed by atoms with Crippen LogP contribution in [0.3, 0.4) is 0 Å². The molecule has 1 aromatic heterocycles. The first-order valence-electron chi connectivity index (χ1n) is 5.85. The summed E-state index contributed by atoms with van der Waals surface area (Å²) in [6, 6.07) is 8.12. The van der Waals surface area contributed by atoms with Crippen LogP contribution in [-0.2, 0) is 0 Å². The molecule has 0 radical (unpaired) electrons. The number of thiophene rings is 1. The van der Waals surface area contributed by atoms with Gasteiger partial charge in [-0.05, 0) is 54.0 Å². The van der Waals surface area contributed by atoms with E-state index in [1.54, 1.807) is 17.6 Å². The average Bonchev–Trinajstić information content (AvgIpc) is 2.87. The third kappa shape index (κ3) is 3.87. The predicted molar refractivity (Wildman–Crippen MR) is 87.2 cm³/mol. The maximum atomic E-state index is 5.22. The first-order valence-corrected chi connectivity index (χ1v) is 7.20. The fourth-order valence-electron chi connectivity index (χ4n) is 1.67. The monoisotopic (exact) mass is 289 g/mol. The number of anilines is 1. The molecule has 0 aliphatic rings. The molecule has 0 spiro atoms. The van der Waals surface area contributed by atoms with Crippen molar-refractivity contribution in [3.8, 4) is 0 Å². The van der Waals surface area contributed by atoms with Gasteiger partial charge in [-0.1, -0.05) is 18.2 Å². The molecule has 0 saturated carbocycles. The minimum Gasteiger partial charge on any atom is -0.331 e. The van der Waals surface area contributed by atoms with Crippen molar-refractivity contribution in [3.05, 3.63) is 51.7 Å². The van der Waals surface area contributed by atoms with Gasteiger partial charge < -0.3 is 5.32 Å². The van der Waals surface area contributed by atoms with Crippen LogP contribution in [0.25, 0.3) is 0 Å². The first kappa shape index (κ1) is 13.7. The molecule has 5 heteroatoms. The van der Waals surface area contributed by atoms with Crippen LogP contribution in [0, 0.1) is 13.8 Å². The standard InChI is InChI=1S/C14H15N3S2/c1-10-4-3-5-11(2)13(10)16-14(18)17-15-8-12-6-7-19-9-12/h3-9H,1-2H3,(H2,16,17,18). The molecular weight excluding hydrogens is 274 g/mol. The molecule has 1 aromatic carbocycles. The zero-order chi connectivity index (χ0) is 13.7. The third-order valence-electron chi connectivity index (χ3n) is 2.64. The van der Waals surface area contributed by atoms with Crippen LogP contribution in [0.5, 0.6) is 0 Å². The van der Waals surface area contributed by atoms with Gasteiger partial charge in [-0.3, -0.25) is 5.43 Å². The summed E-state index contributed by atoms with van der Waals surface area (Å²) in [6.45, 7) is 4.10. The van der Waals surface area contributed by atoms with E-state index in [0.717, 1.165) is 22.4 Å². The van der Waals surface area contributed by atoms with Crippen molar-refractivity contribution in [2.24, 2.45) is 5.10 Å². The molecule has 3 nitrogen and oxygen atoms in total. The van der Waals surface area contributed by atoms with E-state index in [2.05, 4.69) is 15.8 Å². The van der Waals surface area contributed by atoms with Gasteiger partial charge in [0, 0.05) is 11.3 Å². The molecule has 0 saturated heterocycles. The molecule has 2 rings (SSSR count). The van der Waals surface area contributed by atoms with Crippen LogP contribution in [0.2, 0.25) is 0 Å². The van der Waals surface area contributed by atoms with Crippen molar-refractivity contribution in [3.63, 3.8) is 0 Å². The smallest absolute Gasteiger partial charge is 0.191 e. The number of rotatable bonds is 3. The summed E-state index contributed by atoms with van der Waals surface area (Å²) in [4.78, 5) is 0. The topological polar surface area (TPSA) is 36.4 Å². The maximum absolute atomic E-state index is 5.22. The highest BCUT2D eigenvalue weighted by Gasteiger charge is 2.03. The largest absolute Gasteiger partial charge is 0.331 e. The molecule has 0 aliphatic carbocycles. The lowest BCUT2D eigenvalue weighted by atomic mass is 10.1. The van der Waals surface area contributed by atoms with E-state index < -0.39 is 0 Å². The van der Waals surface area contributed by atoms with Gasteiger partial charge in [0.15, 0.2) is 5.11 Å². The van der Waals surface area contributed by atoms with Gasteiger partial charge in [0.2, 0.25) is 0 Å². The molecule has 0 amide bonds. The molecule has 0 bridgehead atoms. The normalized spacial score (nSPS) is 10.6. The Morgan fingerprint density at radius 1 is 1.26 bits per heavy atom. The molecule has 98 valence electrons. The van der Waals surface area contributed by atoms with Crippen LogP contribution < -0.4 is 10.7 Å². The number of hydrazone groups is 1. The Kier molecular flexibility index (Phi) is 4.65. The zero-order valence-corrected chi connectivity index (χ0v) is 12.4. The van der Waals surface area contributed by atoms with Crippen molar-refractivity contribution >= 4 is 40.6 Å². The van der Waals surface area contributed by atoms with E-state index in [-0.39, 0.29) is 0 Å². The van der Waals surface area contributed by atoms with Crippen LogP contribution >= 0.6 is 23.6 Å². The molecule has 0 unspecified atom stereocenters. The van der Waals surface area contributed by atoms with E-state index >= 15 is 0 Å². The second-order valence-electron chi connectivity index (χ2n) is 4.15. The highest BCUT2D eigenvalue weighted by atomic mass is 32.1. The van der Waals surface area contributed by atoms with E-state index in [9.17, 15) is 0 Å². The summed E-state index contributed by atoms with van der Waals surface area (Å²) < 4.78 is 0. The van der Waals surface area contributed by atoms with Gasteiger partial charge in [0.05, 0.1) is 6.21 Å². The molecule has 19 heavy (non-hydrogen) atoms. The number of nitrogens with zero attached hydrogens (tertiary/aromatic N) is 1. The SMILES string of the molecule is Cc1cccc(C)c1NC(=S)NN=Cc1ccsc1. The number of hydrogen-bond donors (Lipinski definition) is 2. The minimum atomic E-state index is 0.490. The summed E-state index contributed by atoms with van der Waals surface area (Å²) in [5.74, 6) is 0. The molecular formula is C14H15N3S2. The summed E-state index contributed by atoms with van der Waals surface area (Å²) >= 11 is 6.85. The number of aryl methyl sites for hydroxylation is 2. The zero-order valence-electron chi connectivity index (χ0n) is 10.8. The Bertz CT molecular complexity index is 568. The van der Waals surface area contributed by atoms with E-state index in [0.29, 0.717) is 5.11 Å². The molecule has 2 aromatic rings. The molecule has 0 fully saturated rings. The quantitative estimate of drug-likeness (QED) is 0.514. The highest BCUT2D eigenvalue weighted by molar-refractivity contribution is 7.80. The van der Waals surface area contributed by atoms with Crippen LogP contribution in [0.15, 0.2) is 40.1 Å². The number of para-hydroxylation sites is 1. The third-order valence-corrected chi connectivity index (χ3v) is 3.54. The second kappa shape index (κ2) is 6.45.